The molecule has 0 fully saturated rings. The lowest BCUT2D eigenvalue weighted by atomic mass is 10.0. The van der Waals surface area contributed by atoms with Crippen LogP contribution in [0, 0.1) is 0 Å². The van der Waals surface area contributed by atoms with Gasteiger partial charge in [0.05, 0.1) is 13.7 Å². The molecule has 27 heavy (non-hydrogen) atoms. The van der Waals surface area contributed by atoms with Gasteiger partial charge in [-0.3, -0.25) is 9.48 Å². The highest BCUT2D eigenvalue weighted by Crippen LogP contribution is 2.29. The van der Waals surface area contributed by atoms with Crippen molar-refractivity contribution in [2.24, 2.45) is 0 Å². The fourth-order valence-corrected chi connectivity index (χ4v) is 3.65. The first kappa shape index (κ1) is 17.3. The fraction of sp³-hybridized carbons (Fsp3) is 0.273. The Hall–Kier alpha value is -3.08. The number of nitrogens with zero attached hydrogens (tertiary/aromatic N) is 2. The maximum absolute atomic E-state index is 12.6. The Labute approximate surface area is 159 Å². The number of carbonyl (C=O) groups excluding carboxylic acids is 1. The standard InChI is InChI=1S/C22H23N3O2/c1-27-21-13-18-7-3-6-17(18)12-20(21)14-23-22(26)19-8-2-5-16(11-19)15-25-10-4-9-24-25/h2,4-5,8-13H,3,6-7,14-15H2,1H3,(H,23,26). The highest BCUT2D eigenvalue weighted by atomic mass is 16.5. The van der Waals surface area contributed by atoms with Crippen LogP contribution in [0.25, 0.3) is 0 Å². The molecule has 0 spiro atoms. The Bertz CT molecular complexity index is 948. The SMILES string of the molecule is COc1cc2c(cc1CNC(=O)c1cccc(Cn3cccn3)c1)CCC2. The number of carbonyl (C=O) groups is 1. The molecule has 5 heteroatoms. The number of fused-ring (bicyclic) bond motifs is 1. The third-order valence-electron chi connectivity index (χ3n) is 5.03. The van der Waals surface area contributed by atoms with Gasteiger partial charge in [0.1, 0.15) is 5.75 Å². The van der Waals surface area contributed by atoms with Crippen molar-refractivity contribution in [1.82, 2.24) is 15.1 Å². The molecule has 0 bridgehead atoms. The van der Waals surface area contributed by atoms with Crippen molar-refractivity contribution in [3.05, 3.63) is 82.7 Å². The molecule has 0 saturated carbocycles. The minimum atomic E-state index is -0.0835. The molecule has 2 aromatic carbocycles. The Balaban J connectivity index is 1.45. The number of nitrogens with one attached hydrogen (secondary N) is 1. The van der Waals surface area contributed by atoms with Gasteiger partial charge in [0.2, 0.25) is 0 Å². The highest BCUT2D eigenvalue weighted by Gasteiger charge is 2.16. The van der Waals surface area contributed by atoms with Crippen LogP contribution < -0.4 is 10.1 Å². The summed E-state index contributed by atoms with van der Waals surface area (Å²) in [7, 11) is 1.68. The molecule has 5 nitrogen and oxygen atoms in total. The summed E-state index contributed by atoms with van der Waals surface area (Å²) in [5, 5.41) is 7.24. The summed E-state index contributed by atoms with van der Waals surface area (Å²) in [5.41, 5.74) is 5.47. The minimum Gasteiger partial charge on any atom is -0.496 e. The first-order chi connectivity index (χ1) is 13.2. The average Bonchev–Trinajstić information content (AvgIpc) is 3.36. The van der Waals surface area contributed by atoms with E-state index in [1.54, 1.807) is 13.3 Å². The van der Waals surface area contributed by atoms with Gasteiger partial charge in [-0.05, 0) is 60.2 Å². The largest absolute Gasteiger partial charge is 0.496 e. The Morgan fingerprint density at radius 3 is 2.81 bits per heavy atom. The Morgan fingerprint density at radius 1 is 1.19 bits per heavy atom. The van der Waals surface area contributed by atoms with Crippen LogP contribution in [0.15, 0.2) is 54.9 Å². The number of rotatable bonds is 6. The molecule has 1 heterocycles. The molecule has 1 aromatic heterocycles. The third-order valence-corrected chi connectivity index (χ3v) is 5.03. The molecule has 0 aliphatic heterocycles. The van der Waals surface area contributed by atoms with Crippen molar-refractivity contribution >= 4 is 5.91 Å². The van der Waals surface area contributed by atoms with Crippen molar-refractivity contribution in [3.8, 4) is 5.75 Å². The van der Waals surface area contributed by atoms with Crippen LogP contribution in [0.4, 0.5) is 0 Å². The van der Waals surface area contributed by atoms with Gasteiger partial charge in [0.15, 0.2) is 0 Å². The monoisotopic (exact) mass is 361 g/mol. The van der Waals surface area contributed by atoms with Gasteiger partial charge >= 0.3 is 0 Å². The van der Waals surface area contributed by atoms with Crippen LogP contribution in [0.2, 0.25) is 0 Å². The van der Waals surface area contributed by atoms with Crippen LogP contribution in [0.3, 0.4) is 0 Å². The lowest BCUT2D eigenvalue weighted by Crippen LogP contribution is -2.23. The zero-order valence-corrected chi connectivity index (χ0v) is 15.4. The molecule has 1 aliphatic carbocycles. The fourth-order valence-electron chi connectivity index (χ4n) is 3.65. The summed E-state index contributed by atoms with van der Waals surface area (Å²) in [6.45, 7) is 1.10. The van der Waals surface area contributed by atoms with Crippen molar-refractivity contribution < 1.29 is 9.53 Å². The Kier molecular flexibility index (Phi) is 4.92. The van der Waals surface area contributed by atoms with E-state index in [4.69, 9.17) is 4.74 Å². The van der Waals surface area contributed by atoms with Crippen LogP contribution in [-0.4, -0.2) is 22.8 Å². The quantitative estimate of drug-likeness (QED) is 0.732. The van der Waals surface area contributed by atoms with Crippen molar-refractivity contribution in [2.45, 2.75) is 32.4 Å². The summed E-state index contributed by atoms with van der Waals surface area (Å²) in [6.07, 6.45) is 7.07. The zero-order chi connectivity index (χ0) is 18.6. The molecule has 0 atom stereocenters. The summed E-state index contributed by atoms with van der Waals surface area (Å²) in [6, 6.07) is 13.8. The lowest BCUT2D eigenvalue weighted by molar-refractivity contribution is 0.0950. The summed E-state index contributed by atoms with van der Waals surface area (Å²) >= 11 is 0. The van der Waals surface area contributed by atoms with Crippen molar-refractivity contribution in [1.29, 1.82) is 0 Å². The average molecular weight is 361 g/mol. The third kappa shape index (κ3) is 3.87. The molecule has 4 rings (SSSR count). The van der Waals surface area contributed by atoms with E-state index in [-0.39, 0.29) is 5.91 Å². The number of hydrogen-bond donors (Lipinski definition) is 1. The van der Waals surface area contributed by atoms with Crippen molar-refractivity contribution in [2.75, 3.05) is 7.11 Å². The van der Waals surface area contributed by atoms with Gasteiger partial charge in [-0.1, -0.05) is 18.2 Å². The highest BCUT2D eigenvalue weighted by molar-refractivity contribution is 5.94. The van der Waals surface area contributed by atoms with Crippen LogP contribution in [-0.2, 0) is 25.9 Å². The smallest absolute Gasteiger partial charge is 0.251 e. The van der Waals surface area contributed by atoms with Crippen molar-refractivity contribution in [3.63, 3.8) is 0 Å². The minimum absolute atomic E-state index is 0.0835. The molecule has 0 radical (unpaired) electrons. The van der Waals surface area contributed by atoms with Gasteiger partial charge in [0, 0.05) is 30.1 Å². The number of aryl methyl sites for hydroxylation is 2. The van der Waals surface area contributed by atoms with E-state index in [9.17, 15) is 4.79 Å². The van der Waals surface area contributed by atoms with Gasteiger partial charge in [0.25, 0.3) is 5.91 Å². The molecule has 138 valence electrons. The zero-order valence-electron chi connectivity index (χ0n) is 15.4. The Morgan fingerprint density at radius 2 is 2.04 bits per heavy atom. The van der Waals surface area contributed by atoms with E-state index < -0.39 is 0 Å². The normalized spacial score (nSPS) is 12.6. The van der Waals surface area contributed by atoms with Gasteiger partial charge in [-0.15, -0.1) is 0 Å². The molecular formula is C22H23N3O2. The molecule has 1 amide bonds. The predicted molar refractivity (Wildman–Crippen MR) is 104 cm³/mol. The van der Waals surface area contributed by atoms with Gasteiger partial charge in [-0.25, -0.2) is 0 Å². The maximum Gasteiger partial charge on any atom is 0.251 e. The predicted octanol–water partition coefficient (Wildman–Crippen LogP) is 3.36. The van der Waals surface area contributed by atoms with Crippen LogP contribution >= 0.6 is 0 Å². The molecule has 1 aliphatic rings. The number of methoxy groups -OCH3 is 1. The first-order valence-electron chi connectivity index (χ1n) is 9.26. The number of aromatic nitrogens is 2. The van der Waals surface area contributed by atoms with Gasteiger partial charge in [-0.2, -0.15) is 5.10 Å². The molecular weight excluding hydrogens is 338 g/mol. The maximum atomic E-state index is 12.6. The number of hydrogen-bond acceptors (Lipinski definition) is 3. The van der Waals surface area contributed by atoms with E-state index in [2.05, 4.69) is 22.5 Å². The number of ether oxygens (including phenoxy) is 1. The molecule has 3 aromatic rings. The topological polar surface area (TPSA) is 56.1 Å². The van der Waals surface area contributed by atoms with E-state index in [0.717, 1.165) is 29.7 Å². The molecule has 0 saturated heterocycles. The molecule has 0 unspecified atom stereocenters. The number of benzene rings is 2. The second kappa shape index (κ2) is 7.66. The number of amides is 1. The van der Waals surface area contributed by atoms with Gasteiger partial charge < -0.3 is 10.1 Å². The van der Waals surface area contributed by atoms with Crippen LogP contribution in [0.5, 0.6) is 5.75 Å². The van der Waals surface area contributed by atoms with E-state index >= 15 is 0 Å². The summed E-state index contributed by atoms with van der Waals surface area (Å²) in [4.78, 5) is 12.6. The van der Waals surface area contributed by atoms with Crippen LogP contribution in [0.1, 0.15) is 39.0 Å². The second-order valence-electron chi connectivity index (χ2n) is 6.87. The summed E-state index contributed by atoms with van der Waals surface area (Å²) < 4.78 is 7.37. The summed E-state index contributed by atoms with van der Waals surface area (Å²) in [5.74, 6) is 0.767. The van der Waals surface area contributed by atoms with E-state index in [1.165, 1.54) is 17.5 Å². The van der Waals surface area contributed by atoms with E-state index in [1.807, 2.05) is 41.2 Å². The first-order valence-corrected chi connectivity index (χ1v) is 9.26. The second-order valence-corrected chi connectivity index (χ2v) is 6.87. The lowest BCUT2D eigenvalue weighted by Gasteiger charge is -2.13. The van der Waals surface area contributed by atoms with E-state index in [0.29, 0.717) is 18.7 Å². The molecule has 1 N–H and O–H groups in total.